The number of methoxy groups -OCH3 is 3. The molecule has 0 saturated heterocycles. The average Bonchev–Trinajstić information content (AvgIpc) is 2.53. The molecule has 0 aliphatic carbocycles. The molecule has 2 aromatic carbocycles. The lowest BCUT2D eigenvalue weighted by Gasteiger charge is -2.19. The fourth-order valence-electron chi connectivity index (χ4n) is 2.26. The molecule has 0 fully saturated rings. The second kappa shape index (κ2) is 6.70. The normalized spacial score (nSPS) is 10.2. The molecule has 0 radical (unpaired) electrons. The largest absolute Gasteiger partial charge is 0.493 e. The molecular weight excluding hydrogens is 352 g/mol. The molecule has 0 unspecified atom stereocenters. The summed E-state index contributed by atoms with van der Waals surface area (Å²) >= 11 is 3.44. The van der Waals surface area contributed by atoms with Crippen LogP contribution in [0.5, 0.6) is 17.2 Å². The number of benzene rings is 2. The van der Waals surface area contributed by atoms with Crippen LogP contribution in [0, 0.1) is 0 Å². The second-order valence-corrected chi connectivity index (χ2v) is 5.21. The van der Waals surface area contributed by atoms with Crippen molar-refractivity contribution in [2.45, 2.75) is 0 Å². The zero-order chi connectivity index (χ0) is 16.3. The molecule has 2 rings (SSSR count). The van der Waals surface area contributed by atoms with Crippen molar-refractivity contribution in [1.82, 2.24) is 0 Å². The SMILES string of the molecule is COc1cc(C(=O)O)c(-c2ccccc2Br)c(OC)c1OC. The van der Waals surface area contributed by atoms with Crippen LogP contribution in [0.1, 0.15) is 10.4 Å². The Morgan fingerprint density at radius 2 is 1.68 bits per heavy atom. The van der Waals surface area contributed by atoms with Crippen molar-refractivity contribution in [2.75, 3.05) is 21.3 Å². The maximum absolute atomic E-state index is 11.7. The predicted octanol–water partition coefficient (Wildman–Crippen LogP) is 3.84. The van der Waals surface area contributed by atoms with E-state index in [9.17, 15) is 9.90 Å². The van der Waals surface area contributed by atoms with Crippen LogP contribution in [0.4, 0.5) is 0 Å². The molecule has 1 N–H and O–H groups in total. The third-order valence-corrected chi connectivity index (χ3v) is 3.90. The Balaban J connectivity index is 2.91. The smallest absolute Gasteiger partial charge is 0.336 e. The van der Waals surface area contributed by atoms with Gasteiger partial charge in [0.25, 0.3) is 0 Å². The zero-order valence-electron chi connectivity index (χ0n) is 12.3. The molecule has 0 amide bonds. The number of ether oxygens (including phenoxy) is 3. The van der Waals surface area contributed by atoms with E-state index < -0.39 is 5.97 Å². The van der Waals surface area contributed by atoms with Gasteiger partial charge in [0.15, 0.2) is 11.5 Å². The van der Waals surface area contributed by atoms with E-state index in [0.717, 1.165) is 4.47 Å². The first-order valence-corrected chi connectivity index (χ1v) is 7.15. The number of carboxylic acids is 1. The molecule has 0 aliphatic rings. The standard InChI is InChI=1S/C16H15BrO5/c1-20-12-8-10(16(18)19)13(15(22-3)14(12)21-2)9-6-4-5-7-11(9)17/h4-8H,1-3H3,(H,18,19). The van der Waals surface area contributed by atoms with Crippen LogP contribution in [0.15, 0.2) is 34.8 Å². The maximum Gasteiger partial charge on any atom is 0.336 e. The maximum atomic E-state index is 11.7. The lowest BCUT2D eigenvalue weighted by atomic mass is 9.97. The molecule has 6 heteroatoms. The lowest BCUT2D eigenvalue weighted by molar-refractivity contribution is 0.0697. The van der Waals surface area contributed by atoms with E-state index in [1.54, 1.807) is 6.07 Å². The predicted molar refractivity (Wildman–Crippen MR) is 86.2 cm³/mol. The number of halogens is 1. The van der Waals surface area contributed by atoms with Gasteiger partial charge in [0.2, 0.25) is 5.75 Å². The summed E-state index contributed by atoms with van der Waals surface area (Å²) in [6.45, 7) is 0. The van der Waals surface area contributed by atoms with Crippen molar-refractivity contribution in [3.05, 3.63) is 40.4 Å². The summed E-state index contributed by atoms with van der Waals surface area (Å²) in [6.07, 6.45) is 0. The summed E-state index contributed by atoms with van der Waals surface area (Å²) in [5, 5.41) is 9.55. The summed E-state index contributed by atoms with van der Waals surface area (Å²) in [5.74, 6) is -0.121. The topological polar surface area (TPSA) is 65.0 Å². The highest BCUT2D eigenvalue weighted by Crippen LogP contribution is 2.48. The third kappa shape index (κ3) is 2.74. The van der Waals surface area contributed by atoms with Crippen LogP contribution in [-0.4, -0.2) is 32.4 Å². The van der Waals surface area contributed by atoms with Gasteiger partial charge in [-0.2, -0.15) is 0 Å². The summed E-state index contributed by atoms with van der Waals surface area (Å²) in [4.78, 5) is 11.7. The molecule has 0 saturated carbocycles. The van der Waals surface area contributed by atoms with E-state index in [1.807, 2.05) is 18.2 Å². The van der Waals surface area contributed by atoms with Gasteiger partial charge >= 0.3 is 5.97 Å². The van der Waals surface area contributed by atoms with Gasteiger partial charge in [0.05, 0.1) is 26.9 Å². The fraction of sp³-hybridized carbons (Fsp3) is 0.188. The van der Waals surface area contributed by atoms with Crippen LogP contribution in [0.3, 0.4) is 0 Å². The molecule has 2 aromatic rings. The Kier molecular flexibility index (Phi) is 4.92. The fourth-order valence-corrected chi connectivity index (χ4v) is 2.74. The van der Waals surface area contributed by atoms with Crippen LogP contribution < -0.4 is 14.2 Å². The highest BCUT2D eigenvalue weighted by Gasteiger charge is 2.26. The van der Waals surface area contributed by atoms with Crippen molar-refractivity contribution in [3.63, 3.8) is 0 Å². The number of aromatic carboxylic acids is 1. The zero-order valence-corrected chi connectivity index (χ0v) is 13.9. The minimum Gasteiger partial charge on any atom is -0.493 e. The van der Waals surface area contributed by atoms with E-state index in [4.69, 9.17) is 14.2 Å². The van der Waals surface area contributed by atoms with Crippen molar-refractivity contribution in [3.8, 4) is 28.4 Å². The van der Waals surface area contributed by atoms with Gasteiger partial charge < -0.3 is 19.3 Å². The van der Waals surface area contributed by atoms with E-state index in [1.165, 1.54) is 27.4 Å². The molecule has 0 heterocycles. The molecule has 22 heavy (non-hydrogen) atoms. The highest BCUT2D eigenvalue weighted by atomic mass is 79.9. The van der Waals surface area contributed by atoms with E-state index in [2.05, 4.69) is 15.9 Å². The van der Waals surface area contributed by atoms with Crippen molar-refractivity contribution in [1.29, 1.82) is 0 Å². The van der Waals surface area contributed by atoms with Crippen molar-refractivity contribution < 1.29 is 24.1 Å². The molecule has 0 spiro atoms. The summed E-state index contributed by atoms with van der Waals surface area (Å²) < 4.78 is 16.7. The lowest BCUT2D eigenvalue weighted by Crippen LogP contribution is -2.05. The van der Waals surface area contributed by atoms with Gasteiger partial charge in [0.1, 0.15) is 0 Å². The average molecular weight is 367 g/mol. The Morgan fingerprint density at radius 1 is 1.05 bits per heavy atom. The number of hydrogen-bond acceptors (Lipinski definition) is 4. The quantitative estimate of drug-likeness (QED) is 0.870. The number of carboxylic acid groups (broad SMARTS) is 1. The first-order chi connectivity index (χ1) is 10.5. The summed E-state index contributed by atoms with van der Waals surface area (Å²) in [5.41, 5.74) is 1.19. The molecule has 0 bridgehead atoms. The highest BCUT2D eigenvalue weighted by molar-refractivity contribution is 9.10. The number of hydrogen-bond donors (Lipinski definition) is 1. The van der Waals surface area contributed by atoms with E-state index in [-0.39, 0.29) is 5.56 Å². The van der Waals surface area contributed by atoms with Crippen LogP contribution in [0.25, 0.3) is 11.1 Å². The van der Waals surface area contributed by atoms with Gasteiger partial charge in [0, 0.05) is 15.6 Å². The molecule has 116 valence electrons. The van der Waals surface area contributed by atoms with Crippen LogP contribution in [0.2, 0.25) is 0 Å². The minimum atomic E-state index is -1.08. The monoisotopic (exact) mass is 366 g/mol. The second-order valence-electron chi connectivity index (χ2n) is 4.35. The van der Waals surface area contributed by atoms with Crippen LogP contribution >= 0.6 is 15.9 Å². The Labute approximate surface area is 136 Å². The Morgan fingerprint density at radius 3 is 2.18 bits per heavy atom. The third-order valence-electron chi connectivity index (χ3n) is 3.20. The Hall–Kier alpha value is -2.21. The molecular formula is C16H15BrO5. The van der Waals surface area contributed by atoms with Gasteiger partial charge in [-0.1, -0.05) is 34.1 Å². The summed E-state index contributed by atoms with van der Waals surface area (Å²) in [7, 11) is 4.38. The van der Waals surface area contributed by atoms with E-state index in [0.29, 0.717) is 28.4 Å². The van der Waals surface area contributed by atoms with Crippen molar-refractivity contribution in [2.24, 2.45) is 0 Å². The molecule has 5 nitrogen and oxygen atoms in total. The molecule has 0 aromatic heterocycles. The Bertz CT molecular complexity index is 712. The van der Waals surface area contributed by atoms with Crippen molar-refractivity contribution >= 4 is 21.9 Å². The number of carbonyl (C=O) groups is 1. The summed E-state index contributed by atoms with van der Waals surface area (Å²) in [6, 6.07) is 8.74. The van der Waals surface area contributed by atoms with Gasteiger partial charge in [-0.05, 0) is 12.1 Å². The first kappa shape index (κ1) is 16.2. The molecule has 0 aliphatic heterocycles. The van der Waals surface area contributed by atoms with E-state index >= 15 is 0 Å². The first-order valence-electron chi connectivity index (χ1n) is 6.36. The minimum absolute atomic E-state index is 0.0707. The van der Waals surface area contributed by atoms with Gasteiger partial charge in [-0.15, -0.1) is 0 Å². The molecule has 0 atom stereocenters. The van der Waals surface area contributed by atoms with Gasteiger partial charge in [-0.3, -0.25) is 0 Å². The van der Waals surface area contributed by atoms with Gasteiger partial charge in [-0.25, -0.2) is 4.79 Å². The number of rotatable bonds is 5. The van der Waals surface area contributed by atoms with Crippen LogP contribution in [-0.2, 0) is 0 Å².